The molecule has 1 aromatic rings. The zero-order valence-electron chi connectivity index (χ0n) is 9.81. The molecule has 0 fully saturated rings. The fraction of sp³-hybridized carbons (Fsp3) is 0.308. The third-order valence-corrected chi connectivity index (χ3v) is 2.15. The predicted octanol–water partition coefficient (Wildman–Crippen LogP) is 1.61. The number of carbonyl (C=O) groups excluding carboxylic acids is 1. The van der Waals surface area contributed by atoms with Gasteiger partial charge in [-0.3, -0.25) is 4.79 Å². The van der Waals surface area contributed by atoms with Crippen molar-refractivity contribution in [1.82, 2.24) is 5.32 Å². The lowest BCUT2D eigenvalue weighted by Gasteiger charge is -2.07. The third kappa shape index (κ3) is 4.70. The first-order valence-electron chi connectivity index (χ1n) is 5.45. The van der Waals surface area contributed by atoms with Crippen LogP contribution in [0.1, 0.15) is 12.0 Å². The highest BCUT2D eigenvalue weighted by Crippen LogP contribution is 2.07. The Bertz CT molecular complexity index is 374. The van der Waals surface area contributed by atoms with Gasteiger partial charge < -0.3 is 10.1 Å². The molecule has 0 aliphatic heterocycles. The number of benzene rings is 1. The van der Waals surface area contributed by atoms with Crippen LogP contribution in [0.5, 0.6) is 0 Å². The number of amides is 1. The zero-order valence-corrected chi connectivity index (χ0v) is 9.81. The molecule has 1 radical (unpaired) electrons. The molecule has 91 valence electrons. The highest BCUT2D eigenvalue weighted by Gasteiger charge is 2.08. The Hall–Kier alpha value is -1.81. The molecular weight excluding hydrogens is 218 g/mol. The van der Waals surface area contributed by atoms with Gasteiger partial charge in [-0.25, -0.2) is 5.11 Å². The number of ether oxygens (including phenoxy) is 1. The largest absolute Gasteiger partial charge is 0.491 e. The van der Waals surface area contributed by atoms with Crippen LogP contribution in [0.15, 0.2) is 36.1 Å². The van der Waals surface area contributed by atoms with Crippen LogP contribution in [0.2, 0.25) is 0 Å². The molecule has 17 heavy (non-hydrogen) atoms. The highest BCUT2D eigenvalue weighted by molar-refractivity contribution is 5.95. The number of methoxy groups -OCH3 is 1. The Morgan fingerprint density at radius 2 is 2.06 bits per heavy atom. The first-order valence-corrected chi connectivity index (χ1v) is 5.45. The minimum atomic E-state index is -0.301. The molecule has 4 heteroatoms. The molecule has 1 aromatic carbocycles. The average Bonchev–Trinajstić information content (AvgIpc) is 2.37. The van der Waals surface area contributed by atoms with Crippen molar-refractivity contribution in [1.29, 1.82) is 0 Å². The molecule has 0 aliphatic rings. The Kier molecular flexibility index (Phi) is 5.82. The third-order valence-electron chi connectivity index (χ3n) is 2.15. The maximum atomic E-state index is 11.6. The number of nitrogens with one attached hydrogen (secondary N) is 1. The Labute approximate surface area is 101 Å². The lowest BCUT2D eigenvalue weighted by Crippen LogP contribution is -2.27. The summed E-state index contributed by atoms with van der Waals surface area (Å²) >= 11 is 0. The van der Waals surface area contributed by atoms with Gasteiger partial charge in [0.05, 0.1) is 13.7 Å². The van der Waals surface area contributed by atoms with Crippen molar-refractivity contribution in [3.05, 3.63) is 41.7 Å². The molecular formula is C13H16NO3. The predicted molar refractivity (Wildman–Crippen MR) is 64.6 cm³/mol. The summed E-state index contributed by atoms with van der Waals surface area (Å²) in [5.74, 6) is -0.0631. The van der Waals surface area contributed by atoms with Crippen LogP contribution in [0.3, 0.4) is 0 Å². The van der Waals surface area contributed by atoms with E-state index in [9.17, 15) is 9.90 Å². The molecule has 0 aliphatic carbocycles. The van der Waals surface area contributed by atoms with Crippen molar-refractivity contribution < 1.29 is 14.6 Å². The standard InChI is InChI=1S/C13H16NO3/c1-17-12(13(16)14-8-5-9-15)10-11-6-3-2-4-7-11/h2-4,6-7,10H,5,8-9H2,1H3,(H,14,16). The number of rotatable bonds is 6. The molecule has 0 saturated carbocycles. The normalized spacial score (nSPS) is 11.1. The van der Waals surface area contributed by atoms with E-state index in [1.54, 1.807) is 6.08 Å². The Balaban J connectivity index is 2.64. The van der Waals surface area contributed by atoms with Crippen LogP contribution in [-0.4, -0.2) is 26.2 Å². The molecule has 0 atom stereocenters. The van der Waals surface area contributed by atoms with Crippen LogP contribution in [0, 0.1) is 0 Å². The van der Waals surface area contributed by atoms with E-state index in [1.165, 1.54) is 7.11 Å². The Morgan fingerprint density at radius 1 is 1.35 bits per heavy atom. The van der Waals surface area contributed by atoms with Gasteiger partial charge in [-0.2, -0.15) is 0 Å². The molecule has 4 nitrogen and oxygen atoms in total. The summed E-state index contributed by atoms with van der Waals surface area (Å²) in [5.41, 5.74) is 0.892. The first kappa shape index (κ1) is 13.3. The van der Waals surface area contributed by atoms with E-state index in [4.69, 9.17) is 4.74 Å². The summed E-state index contributed by atoms with van der Waals surface area (Å²) in [7, 11) is 1.45. The van der Waals surface area contributed by atoms with Crippen LogP contribution in [0.4, 0.5) is 0 Å². The van der Waals surface area contributed by atoms with Crippen molar-refractivity contribution in [2.24, 2.45) is 0 Å². The van der Waals surface area contributed by atoms with E-state index in [1.807, 2.05) is 30.3 Å². The average molecular weight is 234 g/mol. The minimum Gasteiger partial charge on any atom is -0.491 e. The monoisotopic (exact) mass is 234 g/mol. The molecule has 0 heterocycles. The first-order chi connectivity index (χ1) is 8.27. The lowest BCUT2D eigenvalue weighted by molar-refractivity contribution is -0.120. The number of hydrogen-bond acceptors (Lipinski definition) is 2. The van der Waals surface area contributed by atoms with Gasteiger partial charge in [0.25, 0.3) is 5.91 Å². The quantitative estimate of drug-likeness (QED) is 0.462. The van der Waals surface area contributed by atoms with E-state index in [2.05, 4.69) is 5.32 Å². The summed E-state index contributed by atoms with van der Waals surface area (Å²) in [6.45, 7) is 0.183. The van der Waals surface area contributed by atoms with Gasteiger partial charge in [0.1, 0.15) is 0 Å². The van der Waals surface area contributed by atoms with Crippen molar-refractivity contribution >= 4 is 12.0 Å². The summed E-state index contributed by atoms with van der Waals surface area (Å²) in [6.07, 6.45) is 2.08. The second-order valence-corrected chi connectivity index (χ2v) is 3.44. The molecule has 0 bridgehead atoms. The van der Waals surface area contributed by atoms with Gasteiger partial charge in [-0.15, -0.1) is 0 Å². The van der Waals surface area contributed by atoms with Gasteiger partial charge >= 0.3 is 0 Å². The lowest BCUT2D eigenvalue weighted by atomic mass is 10.2. The fourth-order valence-corrected chi connectivity index (χ4v) is 1.28. The molecule has 1 amide bonds. The van der Waals surface area contributed by atoms with Crippen molar-refractivity contribution in [2.45, 2.75) is 6.42 Å². The zero-order chi connectivity index (χ0) is 12.5. The molecule has 0 unspecified atom stereocenters. The maximum Gasteiger partial charge on any atom is 0.286 e. The fourth-order valence-electron chi connectivity index (χ4n) is 1.28. The highest BCUT2D eigenvalue weighted by atomic mass is 16.5. The minimum absolute atomic E-state index is 0.189. The van der Waals surface area contributed by atoms with Crippen molar-refractivity contribution in [2.75, 3.05) is 20.3 Å². The van der Waals surface area contributed by atoms with Crippen LogP contribution in [0.25, 0.3) is 6.08 Å². The van der Waals surface area contributed by atoms with Crippen molar-refractivity contribution in [3.8, 4) is 0 Å². The smallest absolute Gasteiger partial charge is 0.286 e. The van der Waals surface area contributed by atoms with E-state index in [0.29, 0.717) is 13.0 Å². The van der Waals surface area contributed by atoms with Gasteiger partial charge in [0, 0.05) is 6.54 Å². The van der Waals surface area contributed by atoms with Gasteiger partial charge in [0.2, 0.25) is 0 Å². The van der Waals surface area contributed by atoms with Crippen LogP contribution >= 0.6 is 0 Å². The summed E-state index contributed by atoms with van der Waals surface area (Å²) < 4.78 is 5.02. The van der Waals surface area contributed by atoms with Gasteiger partial charge in [0.15, 0.2) is 5.76 Å². The van der Waals surface area contributed by atoms with E-state index in [-0.39, 0.29) is 18.3 Å². The number of hydrogen-bond donors (Lipinski definition) is 1. The van der Waals surface area contributed by atoms with Gasteiger partial charge in [-0.05, 0) is 18.1 Å². The molecule has 1 rings (SSSR count). The van der Waals surface area contributed by atoms with E-state index >= 15 is 0 Å². The second-order valence-electron chi connectivity index (χ2n) is 3.44. The topological polar surface area (TPSA) is 58.2 Å². The molecule has 0 saturated heterocycles. The molecule has 1 N–H and O–H groups in total. The van der Waals surface area contributed by atoms with E-state index < -0.39 is 0 Å². The van der Waals surface area contributed by atoms with E-state index in [0.717, 1.165) is 5.56 Å². The van der Waals surface area contributed by atoms with Gasteiger partial charge in [-0.1, -0.05) is 30.3 Å². The summed E-state index contributed by atoms with van der Waals surface area (Å²) in [5, 5.41) is 12.9. The summed E-state index contributed by atoms with van der Waals surface area (Å²) in [4.78, 5) is 11.6. The Morgan fingerprint density at radius 3 is 2.65 bits per heavy atom. The maximum absolute atomic E-state index is 11.6. The second kappa shape index (κ2) is 7.46. The molecule has 0 aromatic heterocycles. The van der Waals surface area contributed by atoms with Crippen LogP contribution in [-0.2, 0) is 14.6 Å². The molecule has 0 spiro atoms. The van der Waals surface area contributed by atoms with Crippen molar-refractivity contribution in [3.63, 3.8) is 0 Å². The van der Waals surface area contributed by atoms with Crippen LogP contribution < -0.4 is 5.32 Å². The summed E-state index contributed by atoms with van der Waals surface area (Å²) in [6, 6.07) is 9.43. The SMILES string of the molecule is COC(=Cc1ccccc1)C(=O)NCCC[O]. The number of carbonyl (C=O) groups is 1.